The molecule has 5 heteroatoms. The molecule has 0 radical (unpaired) electrons. The summed E-state index contributed by atoms with van der Waals surface area (Å²) in [6, 6.07) is 0. The van der Waals surface area contributed by atoms with E-state index in [9.17, 15) is 9.90 Å². The molecule has 0 aliphatic carbocycles. The van der Waals surface area contributed by atoms with E-state index in [-0.39, 0.29) is 11.7 Å². The molecule has 16 heavy (non-hydrogen) atoms. The molecule has 2 aliphatic heterocycles. The zero-order chi connectivity index (χ0) is 11.6. The van der Waals surface area contributed by atoms with Crippen LogP contribution in [0.2, 0.25) is 0 Å². The first-order valence-corrected chi connectivity index (χ1v) is 5.61. The molecular weight excluding hydrogens is 210 g/mol. The smallest absolute Gasteiger partial charge is 0.292 e. The molecule has 90 valence electrons. The maximum absolute atomic E-state index is 11.8. The lowest BCUT2D eigenvalue weighted by Crippen LogP contribution is -2.63. The average molecular weight is 227 g/mol. The van der Waals surface area contributed by atoms with Crippen molar-refractivity contribution in [3.8, 4) is 0 Å². The number of rotatable bonds is 3. The topological polar surface area (TPSA) is 59.0 Å². The molecule has 2 rings (SSSR count). The van der Waals surface area contributed by atoms with E-state index in [2.05, 4.69) is 0 Å². The van der Waals surface area contributed by atoms with Crippen LogP contribution in [-0.2, 0) is 14.3 Å². The highest BCUT2D eigenvalue weighted by molar-refractivity contribution is 5.92. The number of amides is 1. The Hall–Kier alpha value is -1.23. The summed E-state index contributed by atoms with van der Waals surface area (Å²) in [6.07, 6.45) is 3.00. The molecule has 1 amide bonds. The van der Waals surface area contributed by atoms with Gasteiger partial charge in [-0.05, 0) is 6.42 Å². The Morgan fingerprint density at radius 2 is 2.31 bits per heavy atom. The standard InChI is InChI=1S/C11H17NO4/c1-2-3-11(14)7-12(8-11)10(13)9-6-15-4-5-16-9/h6,14H,2-5,7-8H2,1H3. The Labute approximate surface area is 94.6 Å². The van der Waals surface area contributed by atoms with E-state index in [1.807, 2.05) is 6.92 Å². The third-order valence-electron chi connectivity index (χ3n) is 2.83. The van der Waals surface area contributed by atoms with Gasteiger partial charge < -0.3 is 19.5 Å². The van der Waals surface area contributed by atoms with Crippen molar-refractivity contribution >= 4 is 5.91 Å². The number of nitrogens with zero attached hydrogens (tertiary/aromatic N) is 1. The molecule has 0 aromatic heterocycles. The van der Waals surface area contributed by atoms with Crippen molar-refractivity contribution in [1.82, 2.24) is 4.90 Å². The van der Waals surface area contributed by atoms with Crippen LogP contribution in [0.3, 0.4) is 0 Å². The molecule has 0 aromatic rings. The van der Waals surface area contributed by atoms with Crippen molar-refractivity contribution in [1.29, 1.82) is 0 Å². The summed E-state index contributed by atoms with van der Waals surface area (Å²) in [5, 5.41) is 9.94. The predicted molar refractivity (Wildman–Crippen MR) is 56.4 cm³/mol. The SMILES string of the molecule is CCCC1(O)CN(C(=O)C2=COCCO2)C1. The lowest BCUT2D eigenvalue weighted by Gasteiger charge is -2.46. The summed E-state index contributed by atoms with van der Waals surface area (Å²) in [6.45, 7) is 3.69. The first-order chi connectivity index (χ1) is 7.64. The molecule has 5 nitrogen and oxygen atoms in total. The van der Waals surface area contributed by atoms with Crippen molar-refractivity contribution in [3.05, 3.63) is 12.0 Å². The lowest BCUT2D eigenvalue weighted by atomic mass is 9.89. The third-order valence-corrected chi connectivity index (χ3v) is 2.83. The van der Waals surface area contributed by atoms with Gasteiger partial charge in [-0.1, -0.05) is 13.3 Å². The second-order valence-electron chi connectivity index (χ2n) is 4.34. The van der Waals surface area contributed by atoms with Gasteiger partial charge in [0.1, 0.15) is 19.5 Å². The number of carbonyl (C=O) groups is 1. The van der Waals surface area contributed by atoms with Gasteiger partial charge in [-0.25, -0.2) is 0 Å². The van der Waals surface area contributed by atoms with Crippen LogP contribution in [-0.4, -0.2) is 47.8 Å². The van der Waals surface area contributed by atoms with E-state index in [4.69, 9.17) is 9.47 Å². The van der Waals surface area contributed by atoms with Gasteiger partial charge in [0.05, 0.1) is 18.7 Å². The number of likely N-dealkylation sites (tertiary alicyclic amines) is 1. The molecule has 2 heterocycles. The van der Waals surface area contributed by atoms with Crippen molar-refractivity contribution in [2.24, 2.45) is 0 Å². The van der Waals surface area contributed by atoms with Crippen molar-refractivity contribution in [3.63, 3.8) is 0 Å². The Kier molecular flexibility index (Phi) is 3.05. The van der Waals surface area contributed by atoms with Crippen molar-refractivity contribution < 1.29 is 19.4 Å². The lowest BCUT2D eigenvalue weighted by molar-refractivity contribution is -0.157. The van der Waals surface area contributed by atoms with Crippen LogP contribution in [0.1, 0.15) is 19.8 Å². The number of aliphatic hydroxyl groups is 1. The summed E-state index contributed by atoms with van der Waals surface area (Å²) in [5.41, 5.74) is -0.694. The maximum atomic E-state index is 11.8. The van der Waals surface area contributed by atoms with E-state index in [1.54, 1.807) is 4.90 Å². The fraction of sp³-hybridized carbons (Fsp3) is 0.727. The Balaban J connectivity index is 1.87. The van der Waals surface area contributed by atoms with E-state index in [0.717, 1.165) is 12.8 Å². The number of hydrogen-bond acceptors (Lipinski definition) is 4. The molecule has 1 saturated heterocycles. The Morgan fingerprint density at radius 1 is 1.56 bits per heavy atom. The van der Waals surface area contributed by atoms with Crippen LogP contribution in [0.25, 0.3) is 0 Å². The van der Waals surface area contributed by atoms with Gasteiger partial charge in [0.15, 0.2) is 0 Å². The molecule has 1 N–H and O–H groups in total. The number of carbonyl (C=O) groups excluding carboxylic acids is 1. The van der Waals surface area contributed by atoms with Crippen LogP contribution in [0.4, 0.5) is 0 Å². The average Bonchev–Trinajstić information content (AvgIpc) is 2.26. The molecule has 0 spiro atoms. The quantitative estimate of drug-likeness (QED) is 0.750. The van der Waals surface area contributed by atoms with Crippen LogP contribution in [0, 0.1) is 0 Å². The van der Waals surface area contributed by atoms with Gasteiger partial charge in [0, 0.05) is 0 Å². The van der Waals surface area contributed by atoms with Gasteiger partial charge in [-0.2, -0.15) is 0 Å². The van der Waals surface area contributed by atoms with E-state index in [1.165, 1.54) is 6.26 Å². The zero-order valence-electron chi connectivity index (χ0n) is 9.44. The van der Waals surface area contributed by atoms with Gasteiger partial charge in [-0.15, -0.1) is 0 Å². The van der Waals surface area contributed by atoms with Crippen LogP contribution in [0.15, 0.2) is 12.0 Å². The highest BCUT2D eigenvalue weighted by Crippen LogP contribution is 2.27. The van der Waals surface area contributed by atoms with Gasteiger partial charge in [0.25, 0.3) is 5.91 Å². The minimum absolute atomic E-state index is 0.194. The fourth-order valence-electron chi connectivity index (χ4n) is 2.07. The van der Waals surface area contributed by atoms with E-state index in [0.29, 0.717) is 26.3 Å². The largest absolute Gasteiger partial charge is 0.494 e. The molecule has 1 fully saturated rings. The minimum Gasteiger partial charge on any atom is -0.494 e. The minimum atomic E-state index is -0.694. The second-order valence-corrected chi connectivity index (χ2v) is 4.34. The van der Waals surface area contributed by atoms with Gasteiger partial charge >= 0.3 is 0 Å². The summed E-state index contributed by atoms with van der Waals surface area (Å²) >= 11 is 0. The number of β-amino-alcohol motifs (C(OH)–C–C–N with tert-alkyl or cyclic N) is 1. The third kappa shape index (κ3) is 2.14. The summed E-state index contributed by atoms with van der Waals surface area (Å²) in [5.74, 6) is 0.0466. The molecule has 0 saturated carbocycles. The normalized spacial score (nSPS) is 22.6. The van der Waals surface area contributed by atoms with Gasteiger partial charge in [0.2, 0.25) is 5.76 Å². The molecular formula is C11H17NO4. The monoisotopic (exact) mass is 227 g/mol. The van der Waals surface area contributed by atoms with Crippen LogP contribution < -0.4 is 0 Å². The van der Waals surface area contributed by atoms with E-state index < -0.39 is 5.60 Å². The molecule has 0 aromatic carbocycles. The fourth-order valence-corrected chi connectivity index (χ4v) is 2.07. The molecule has 0 unspecified atom stereocenters. The van der Waals surface area contributed by atoms with E-state index >= 15 is 0 Å². The van der Waals surface area contributed by atoms with Crippen molar-refractivity contribution in [2.45, 2.75) is 25.4 Å². The summed E-state index contributed by atoms with van der Waals surface area (Å²) in [7, 11) is 0. The summed E-state index contributed by atoms with van der Waals surface area (Å²) in [4.78, 5) is 13.4. The van der Waals surface area contributed by atoms with Crippen molar-refractivity contribution in [2.75, 3.05) is 26.3 Å². The number of ether oxygens (including phenoxy) is 2. The first kappa shape index (κ1) is 11.3. The predicted octanol–water partition coefficient (Wildman–Crippen LogP) is 0.248. The molecule has 0 atom stereocenters. The first-order valence-electron chi connectivity index (χ1n) is 5.61. The summed E-state index contributed by atoms with van der Waals surface area (Å²) < 4.78 is 10.2. The molecule has 0 bridgehead atoms. The van der Waals surface area contributed by atoms with Crippen LogP contribution >= 0.6 is 0 Å². The highest BCUT2D eigenvalue weighted by atomic mass is 16.6. The Morgan fingerprint density at radius 3 is 2.88 bits per heavy atom. The maximum Gasteiger partial charge on any atom is 0.292 e. The molecule has 2 aliphatic rings. The highest BCUT2D eigenvalue weighted by Gasteiger charge is 2.44. The van der Waals surface area contributed by atoms with Gasteiger partial charge in [-0.3, -0.25) is 4.79 Å². The Bertz CT molecular complexity index is 307. The second kappa shape index (κ2) is 4.33. The number of hydrogen-bond donors (Lipinski definition) is 1. The zero-order valence-corrected chi connectivity index (χ0v) is 9.44. The van der Waals surface area contributed by atoms with Crippen LogP contribution in [0.5, 0.6) is 0 Å².